The fourth-order valence-corrected chi connectivity index (χ4v) is 4.06. The summed E-state index contributed by atoms with van der Waals surface area (Å²) in [4.78, 5) is 45.0. The normalized spacial score (nSPS) is 17.1. The van der Waals surface area contributed by atoms with Crippen LogP contribution in [-0.2, 0) is 29.2 Å². The number of imidazole rings is 1. The Bertz CT molecular complexity index is 1210. The molecule has 0 radical (unpaired) electrons. The largest absolute Gasteiger partial charge is 0.497 e. The van der Waals surface area contributed by atoms with Crippen LogP contribution < -0.4 is 10.1 Å². The molecule has 4 rings (SSSR count). The highest BCUT2D eigenvalue weighted by Gasteiger charge is 2.48. The average molecular weight is 463 g/mol. The lowest BCUT2D eigenvalue weighted by molar-refractivity contribution is -0.133. The number of benzene rings is 2. The van der Waals surface area contributed by atoms with E-state index in [1.165, 1.54) is 18.3 Å². The van der Waals surface area contributed by atoms with E-state index in [1.807, 2.05) is 42.5 Å². The number of carbonyl (C=O) groups is 3. The van der Waals surface area contributed by atoms with Gasteiger partial charge in [0.25, 0.3) is 5.91 Å². The molecule has 0 saturated carbocycles. The first-order valence-electron chi connectivity index (χ1n) is 10.8. The van der Waals surface area contributed by atoms with Gasteiger partial charge in [0.1, 0.15) is 17.0 Å². The van der Waals surface area contributed by atoms with E-state index in [0.29, 0.717) is 12.3 Å². The minimum absolute atomic E-state index is 0.0704. The molecule has 176 valence electrons. The van der Waals surface area contributed by atoms with Crippen LogP contribution in [0.15, 0.2) is 60.9 Å². The minimum Gasteiger partial charge on any atom is -0.497 e. The molecule has 3 aromatic rings. The van der Waals surface area contributed by atoms with Crippen molar-refractivity contribution in [1.29, 1.82) is 0 Å². The number of carbonyl (C=O) groups excluding carboxylic acids is 3. The monoisotopic (exact) mass is 462 g/mol. The standard InChI is InChI=1S/C25H26N4O5/c1-25(24(32)26-13-17-7-5-4-6-8-17)15-28-16-27-20(23(31)34-3)21(28)22(30)29(25)14-18-9-11-19(33-2)12-10-18/h4-12,16H,13-15H2,1-3H3,(H,26,32)/t25-/m0/s1. The summed E-state index contributed by atoms with van der Waals surface area (Å²) < 4.78 is 11.6. The van der Waals surface area contributed by atoms with Crippen molar-refractivity contribution in [3.63, 3.8) is 0 Å². The quantitative estimate of drug-likeness (QED) is 0.541. The van der Waals surface area contributed by atoms with Crippen LogP contribution in [0.1, 0.15) is 39.0 Å². The van der Waals surface area contributed by atoms with Crippen LogP contribution in [0.3, 0.4) is 0 Å². The van der Waals surface area contributed by atoms with E-state index < -0.39 is 17.4 Å². The van der Waals surface area contributed by atoms with Gasteiger partial charge in [-0.3, -0.25) is 9.59 Å². The van der Waals surface area contributed by atoms with Crippen molar-refractivity contribution in [2.24, 2.45) is 0 Å². The average Bonchev–Trinajstić information content (AvgIpc) is 3.29. The number of amides is 2. The van der Waals surface area contributed by atoms with Crippen LogP contribution >= 0.6 is 0 Å². The zero-order valence-electron chi connectivity index (χ0n) is 19.3. The van der Waals surface area contributed by atoms with Gasteiger partial charge in [0.2, 0.25) is 5.91 Å². The topological polar surface area (TPSA) is 103 Å². The summed E-state index contributed by atoms with van der Waals surface area (Å²) in [5.74, 6) is -0.804. The van der Waals surface area contributed by atoms with Gasteiger partial charge in [0.05, 0.1) is 27.1 Å². The summed E-state index contributed by atoms with van der Waals surface area (Å²) >= 11 is 0. The number of fused-ring (bicyclic) bond motifs is 1. The number of nitrogens with one attached hydrogen (secondary N) is 1. The summed E-state index contributed by atoms with van der Waals surface area (Å²) in [5.41, 5.74) is 0.559. The van der Waals surface area contributed by atoms with Crippen molar-refractivity contribution in [2.75, 3.05) is 14.2 Å². The molecule has 2 aromatic carbocycles. The molecular formula is C25H26N4O5. The van der Waals surface area contributed by atoms with E-state index in [1.54, 1.807) is 30.7 Å². The molecule has 1 aromatic heterocycles. The summed E-state index contributed by atoms with van der Waals surface area (Å²) in [6, 6.07) is 16.8. The van der Waals surface area contributed by atoms with Gasteiger partial charge in [-0.05, 0) is 30.2 Å². The number of esters is 1. The maximum atomic E-state index is 13.7. The summed E-state index contributed by atoms with van der Waals surface area (Å²) in [7, 11) is 2.81. The molecule has 0 aliphatic carbocycles. The van der Waals surface area contributed by atoms with Crippen LogP contribution in [-0.4, -0.2) is 52.0 Å². The molecule has 2 heterocycles. The lowest BCUT2D eigenvalue weighted by Crippen LogP contribution is -2.63. The molecule has 9 nitrogen and oxygen atoms in total. The molecule has 9 heteroatoms. The predicted molar refractivity (Wildman–Crippen MR) is 123 cm³/mol. The second kappa shape index (κ2) is 9.38. The van der Waals surface area contributed by atoms with Crippen LogP contribution in [0.25, 0.3) is 0 Å². The molecule has 2 amide bonds. The van der Waals surface area contributed by atoms with Crippen molar-refractivity contribution in [1.82, 2.24) is 19.8 Å². The van der Waals surface area contributed by atoms with E-state index in [2.05, 4.69) is 10.3 Å². The maximum Gasteiger partial charge on any atom is 0.359 e. The zero-order valence-corrected chi connectivity index (χ0v) is 19.3. The van der Waals surface area contributed by atoms with Crippen molar-refractivity contribution in [3.05, 3.63) is 83.4 Å². The van der Waals surface area contributed by atoms with E-state index >= 15 is 0 Å². The smallest absolute Gasteiger partial charge is 0.359 e. The summed E-state index contributed by atoms with van der Waals surface area (Å²) in [5, 5.41) is 2.96. The molecule has 0 spiro atoms. The van der Waals surface area contributed by atoms with Gasteiger partial charge in [0.15, 0.2) is 5.69 Å². The number of aromatic nitrogens is 2. The Morgan fingerprint density at radius 1 is 1.06 bits per heavy atom. The van der Waals surface area contributed by atoms with Crippen molar-refractivity contribution >= 4 is 17.8 Å². The minimum atomic E-state index is -1.23. The molecule has 0 fully saturated rings. The number of nitrogens with zero attached hydrogens (tertiary/aromatic N) is 3. The van der Waals surface area contributed by atoms with E-state index in [-0.39, 0.29) is 30.4 Å². The Labute approximate surface area is 197 Å². The lowest BCUT2D eigenvalue weighted by atomic mass is 9.93. The van der Waals surface area contributed by atoms with Gasteiger partial charge in [0, 0.05) is 13.1 Å². The molecule has 1 atom stereocenters. The van der Waals surface area contributed by atoms with Crippen LogP contribution in [0.5, 0.6) is 5.75 Å². The number of hydrogen-bond acceptors (Lipinski definition) is 6. The Hall–Kier alpha value is -4.14. The first kappa shape index (κ1) is 23.0. The van der Waals surface area contributed by atoms with E-state index in [9.17, 15) is 14.4 Å². The third kappa shape index (κ3) is 4.24. The lowest BCUT2D eigenvalue weighted by Gasteiger charge is -2.43. The molecule has 1 aliphatic heterocycles. The Kier molecular flexibility index (Phi) is 6.36. The fourth-order valence-electron chi connectivity index (χ4n) is 4.06. The zero-order chi connectivity index (χ0) is 24.3. The van der Waals surface area contributed by atoms with Gasteiger partial charge >= 0.3 is 5.97 Å². The third-order valence-electron chi connectivity index (χ3n) is 6.02. The summed E-state index contributed by atoms with van der Waals surface area (Å²) in [6.07, 6.45) is 1.40. The number of methoxy groups -OCH3 is 2. The Balaban J connectivity index is 1.69. The second-order valence-electron chi connectivity index (χ2n) is 8.24. The van der Waals surface area contributed by atoms with Crippen LogP contribution in [0, 0.1) is 0 Å². The molecule has 1 N–H and O–H groups in total. The third-order valence-corrected chi connectivity index (χ3v) is 6.02. The van der Waals surface area contributed by atoms with E-state index in [4.69, 9.17) is 9.47 Å². The second-order valence-corrected chi connectivity index (χ2v) is 8.24. The van der Waals surface area contributed by atoms with Crippen molar-refractivity contribution in [3.8, 4) is 5.75 Å². The highest BCUT2D eigenvalue weighted by atomic mass is 16.5. The number of rotatable bonds is 7. The first-order valence-corrected chi connectivity index (χ1v) is 10.8. The van der Waals surface area contributed by atoms with Gasteiger partial charge in [-0.2, -0.15) is 0 Å². The molecule has 0 saturated heterocycles. The first-order chi connectivity index (χ1) is 16.4. The number of hydrogen-bond donors (Lipinski definition) is 1. The van der Waals surface area contributed by atoms with E-state index in [0.717, 1.165) is 11.1 Å². The van der Waals surface area contributed by atoms with Gasteiger partial charge < -0.3 is 24.3 Å². The number of ether oxygens (including phenoxy) is 2. The van der Waals surface area contributed by atoms with Crippen LogP contribution in [0.2, 0.25) is 0 Å². The maximum absolute atomic E-state index is 13.7. The predicted octanol–water partition coefficient (Wildman–Crippen LogP) is 2.41. The fraction of sp³-hybridized carbons (Fsp3) is 0.280. The van der Waals surface area contributed by atoms with Gasteiger partial charge in [-0.1, -0.05) is 42.5 Å². The molecule has 0 unspecified atom stereocenters. The van der Waals surface area contributed by atoms with Gasteiger partial charge in [-0.25, -0.2) is 9.78 Å². The molecule has 34 heavy (non-hydrogen) atoms. The molecule has 0 bridgehead atoms. The highest BCUT2D eigenvalue weighted by Crippen LogP contribution is 2.31. The van der Waals surface area contributed by atoms with Gasteiger partial charge in [-0.15, -0.1) is 0 Å². The molecule has 1 aliphatic rings. The van der Waals surface area contributed by atoms with Crippen molar-refractivity contribution < 1.29 is 23.9 Å². The highest BCUT2D eigenvalue weighted by molar-refractivity contribution is 6.06. The van der Waals surface area contributed by atoms with Crippen molar-refractivity contribution in [2.45, 2.75) is 32.1 Å². The SMILES string of the molecule is COC(=O)c1ncn2c1C(=O)N(Cc1ccc(OC)cc1)[C@](C)(C(=O)NCc1ccccc1)C2. The Morgan fingerprint density at radius 3 is 2.41 bits per heavy atom. The molecular weight excluding hydrogens is 436 g/mol. The Morgan fingerprint density at radius 2 is 1.76 bits per heavy atom. The van der Waals surface area contributed by atoms with Crippen LogP contribution in [0.4, 0.5) is 0 Å². The summed E-state index contributed by atoms with van der Waals surface area (Å²) in [6.45, 7) is 2.33.